The third-order valence-electron chi connectivity index (χ3n) is 4.73. The number of esters is 1. The highest BCUT2D eigenvalue weighted by atomic mass is 32.2. The molecule has 0 unspecified atom stereocenters. The first-order valence-corrected chi connectivity index (χ1v) is 10.6. The lowest BCUT2D eigenvalue weighted by molar-refractivity contribution is -0.147. The third-order valence-corrected chi connectivity index (χ3v) is 6.81. The van der Waals surface area contributed by atoms with Crippen molar-refractivity contribution in [2.45, 2.75) is 32.2 Å². The van der Waals surface area contributed by atoms with Crippen molar-refractivity contribution >= 4 is 27.8 Å². The summed E-state index contributed by atoms with van der Waals surface area (Å²) in [4.78, 5) is 37.9. The van der Waals surface area contributed by atoms with Crippen molar-refractivity contribution in [2.75, 3.05) is 25.4 Å². The van der Waals surface area contributed by atoms with E-state index in [9.17, 15) is 22.8 Å². The van der Waals surface area contributed by atoms with Gasteiger partial charge in [-0.25, -0.2) is 8.42 Å². The molecule has 1 saturated heterocycles. The number of hydrogen-bond donors (Lipinski definition) is 0. The van der Waals surface area contributed by atoms with E-state index < -0.39 is 33.8 Å². The van der Waals surface area contributed by atoms with Crippen LogP contribution in [0.25, 0.3) is 0 Å². The predicted octanol–water partition coefficient (Wildman–Crippen LogP) is 1.03. The van der Waals surface area contributed by atoms with Crippen LogP contribution < -0.4 is 0 Å². The van der Waals surface area contributed by atoms with Crippen LogP contribution >= 0.6 is 0 Å². The highest BCUT2D eigenvalue weighted by Crippen LogP contribution is 2.24. The molecule has 0 aromatic heterocycles. The van der Waals surface area contributed by atoms with Crippen LogP contribution in [0, 0.1) is 0 Å². The maximum atomic E-state index is 12.3. The fourth-order valence-corrected chi connectivity index (χ4v) is 5.20. The average molecular weight is 394 g/mol. The second-order valence-corrected chi connectivity index (χ2v) is 8.60. The molecule has 2 aliphatic rings. The van der Waals surface area contributed by atoms with Gasteiger partial charge in [0.15, 0.2) is 0 Å². The Morgan fingerprint density at radius 2 is 1.81 bits per heavy atom. The SMILES string of the molecule is CCCS(=O)(=O)N1CCC[C@@H]1C(=O)OCCN1C(=O)c2ccccc2C1=O. The van der Waals surface area contributed by atoms with Crippen LogP contribution in [0.1, 0.15) is 46.9 Å². The molecule has 27 heavy (non-hydrogen) atoms. The van der Waals surface area contributed by atoms with Crippen molar-refractivity contribution < 1.29 is 27.5 Å². The summed E-state index contributed by atoms with van der Waals surface area (Å²) in [6, 6.07) is 5.69. The zero-order chi connectivity index (χ0) is 19.6. The van der Waals surface area contributed by atoms with Crippen LogP contribution in [-0.4, -0.2) is 66.9 Å². The van der Waals surface area contributed by atoms with E-state index in [1.165, 1.54) is 4.31 Å². The number of nitrogens with zero attached hydrogens (tertiary/aromatic N) is 2. The molecule has 2 aliphatic heterocycles. The number of carbonyl (C=O) groups excluding carboxylic acids is 3. The molecule has 0 N–H and O–H groups in total. The van der Waals surface area contributed by atoms with Crippen LogP contribution in [0.4, 0.5) is 0 Å². The first-order chi connectivity index (χ1) is 12.9. The quantitative estimate of drug-likeness (QED) is 0.506. The Bertz CT molecular complexity index is 831. The number of imide groups is 1. The van der Waals surface area contributed by atoms with Gasteiger partial charge in [0.05, 0.1) is 23.4 Å². The van der Waals surface area contributed by atoms with E-state index in [0.29, 0.717) is 36.9 Å². The fraction of sp³-hybridized carbons (Fsp3) is 0.500. The molecule has 2 amide bonds. The molecule has 1 fully saturated rings. The molecule has 9 heteroatoms. The molecule has 8 nitrogen and oxygen atoms in total. The smallest absolute Gasteiger partial charge is 0.324 e. The minimum absolute atomic E-state index is 0.00812. The van der Waals surface area contributed by atoms with Crippen molar-refractivity contribution in [2.24, 2.45) is 0 Å². The minimum Gasteiger partial charge on any atom is -0.463 e. The standard InChI is InChI=1S/C18H22N2O6S/c1-2-12-27(24,25)20-9-5-8-15(20)18(23)26-11-10-19-16(21)13-6-3-4-7-14(13)17(19)22/h3-4,6-7,15H,2,5,8-12H2,1H3/t15-/m1/s1. The summed E-state index contributed by atoms with van der Waals surface area (Å²) in [7, 11) is -3.48. The molecular formula is C18H22N2O6S. The van der Waals surface area contributed by atoms with E-state index in [4.69, 9.17) is 4.74 Å². The normalized spacial score (nSPS) is 20.2. The fourth-order valence-electron chi connectivity index (χ4n) is 3.46. The van der Waals surface area contributed by atoms with Crippen LogP contribution in [0.5, 0.6) is 0 Å². The Morgan fingerprint density at radius 1 is 1.19 bits per heavy atom. The van der Waals surface area contributed by atoms with E-state index in [-0.39, 0.29) is 18.9 Å². The molecule has 1 aromatic carbocycles. The molecule has 0 saturated carbocycles. The number of ether oxygens (including phenoxy) is 1. The summed E-state index contributed by atoms with van der Waals surface area (Å²) in [5.41, 5.74) is 0.669. The van der Waals surface area contributed by atoms with Gasteiger partial charge in [-0.2, -0.15) is 4.31 Å². The molecule has 0 radical (unpaired) electrons. The molecule has 1 aromatic rings. The van der Waals surface area contributed by atoms with Crippen LogP contribution in [0.15, 0.2) is 24.3 Å². The number of rotatable bonds is 7. The van der Waals surface area contributed by atoms with E-state index in [0.717, 1.165) is 4.90 Å². The van der Waals surface area contributed by atoms with Gasteiger partial charge in [0.25, 0.3) is 11.8 Å². The summed E-state index contributed by atoms with van der Waals surface area (Å²) < 4.78 is 30.9. The first kappa shape index (κ1) is 19.5. The zero-order valence-corrected chi connectivity index (χ0v) is 15.9. The largest absolute Gasteiger partial charge is 0.463 e. The van der Waals surface area contributed by atoms with Crippen molar-refractivity contribution in [1.29, 1.82) is 0 Å². The number of sulfonamides is 1. The van der Waals surface area contributed by atoms with E-state index in [2.05, 4.69) is 0 Å². The number of hydrogen-bond acceptors (Lipinski definition) is 6. The Labute approximate surface area is 158 Å². The lowest BCUT2D eigenvalue weighted by Crippen LogP contribution is -2.43. The van der Waals surface area contributed by atoms with Crippen LogP contribution in [-0.2, 0) is 19.6 Å². The summed E-state index contributed by atoms with van der Waals surface area (Å²) in [6.07, 6.45) is 1.48. The van der Waals surface area contributed by atoms with Crippen LogP contribution in [0.2, 0.25) is 0 Å². The van der Waals surface area contributed by atoms with Gasteiger partial charge in [-0.15, -0.1) is 0 Å². The zero-order valence-electron chi connectivity index (χ0n) is 15.1. The Morgan fingerprint density at radius 3 is 2.41 bits per heavy atom. The number of fused-ring (bicyclic) bond motifs is 1. The molecule has 1 atom stereocenters. The summed E-state index contributed by atoms with van der Waals surface area (Å²) in [6.45, 7) is 1.85. The average Bonchev–Trinajstić information content (AvgIpc) is 3.22. The Kier molecular flexibility index (Phi) is 5.61. The molecule has 2 heterocycles. The molecule has 0 bridgehead atoms. The van der Waals surface area contributed by atoms with E-state index in [1.54, 1.807) is 31.2 Å². The Hall–Kier alpha value is -2.26. The molecule has 3 rings (SSSR count). The summed E-state index contributed by atoms with van der Waals surface area (Å²) in [5.74, 6) is -1.48. The van der Waals surface area contributed by atoms with Gasteiger partial charge in [0, 0.05) is 6.54 Å². The maximum absolute atomic E-state index is 12.3. The lowest BCUT2D eigenvalue weighted by Gasteiger charge is -2.23. The van der Waals surface area contributed by atoms with Gasteiger partial charge in [0.1, 0.15) is 12.6 Å². The van der Waals surface area contributed by atoms with Gasteiger partial charge in [0.2, 0.25) is 10.0 Å². The van der Waals surface area contributed by atoms with Crippen molar-refractivity contribution in [1.82, 2.24) is 9.21 Å². The summed E-state index contributed by atoms with van der Waals surface area (Å²) >= 11 is 0. The van der Waals surface area contributed by atoms with E-state index >= 15 is 0 Å². The highest BCUT2D eigenvalue weighted by Gasteiger charge is 2.39. The second-order valence-electron chi connectivity index (χ2n) is 6.56. The monoisotopic (exact) mass is 394 g/mol. The second kappa shape index (κ2) is 7.77. The topological polar surface area (TPSA) is 101 Å². The highest BCUT2D eigenvalue weighted by molar-refractivity contribution is 7.89. The van der Waals surface area contributed by atoms with Gasteiger partial charge < -0.3 is 4.74 Å². The predicted molar refractivity (Wildman–Crippen MR) is 96.6 cm³/mol. The molecule has 0 aliphatic carbocycles. The minimum atomic E-state index is -3.48. The Balaban J connectivity index is 1.57. The number of carbonyl (C=O) groups is 3. The lowest BCUT2D eigenvalue weighted by atomic mass is 10.1. The van der Waals surface area contributed by atoms with Crippen molar-refractivity contribution in [3.05, 3.63) is 35.4 Å². The van der Waals surface area contributed by atoms with Crippen molar-refractivity contribution in [3.63, 3.8) is 0 Å². The maximum Gasteiger partial charge on any atom is 0.324 e. The molecule has 0 spiro atoms. The third kappa shape index (κ3) is 3.74. The van der Waals surface area contributed by atoms with Crippen LogP contribution in [0.3, 0.4) is 0 Å². The molecular weight excluding hydrogens is 372 g/mol. The first-order valence-electron chi connectivity index (χ1n) is 8.98. The summed E-state index contributed by atoms with van der Waals surface area (Å²) in [5, 5.41) is 0. The van der Waals surface area contributed by atoms with Gasteiger partial charge >= 0.3 is 5.97 Å². The number of benzene rings is 1. The van der Waals surface area contributed by atoms with Gasteiger partial charge in [-0.05, 0) is 31.4 Å². The van der Waals surface area contributed by atoms with Gasteiger partial charge in [-0.3, -0.25) is 19.3 Å². The van der Waals surface area contributed by atoms with E-state index in [1.807, 2.05) is 0 Å². The number of amides is 2. The van der Waals surface area contributed by atoms with Crippen molar-refractivity contribution in [3.8, 4) is 0 Å². The van der Waals surface area contributed by atoms with Gasteiger partial charge in [-0.1, -0.05) is 19.1 Å². The molecule has 146 valence electrons.